The highest BCUT2D eigenvalue weighted by Gasteiger charge is 2.30. The van der Waals surface area contributed by atoms with Crippen LogP contribution in [0.15, 0.2) is 109 Å². The number of hydrogen-bond acceptors (Lipinski definition) is 4. The molecule has 0 aliphatic heterocycles. The molecule has 0 saturated heterocycles. The van der Waals surface area contributed by atoms with Gasteiger partial charge in [0.15, 0.2) is 0 Å². The Kier molecular flexibility index (Phi) is 7.50. The number of aromatic nitrogens is 4. The summed E-state index contributed by atoms with van der Waals surface area (Å²) >= 11 is 6.38. The van der Waals surface area contributed by atoms with Crippen LogP contribution in [-0.4, -0.2) is 19.9 Å². The van der Waals surface area contributed by atoms with Crippen molar-refractivity contribution in [3.05, 3.63) is 144 Å². The summed E-state index contributed by atoms with van der Waals surface area (Å²) in [5.74, 6) is -2.55. The molecule has 0 spiro atoms. The predicted molar refractivity (Wildman–Crippen MR) is 163 cm³/mol. The first-order valence-electron chi connectivity index (χ1n) is 13.5. The summed E-state index contributed by atoms with van der Waals surface area (Å²) in [6, 6.07) is 32.2. The topological polar surface area (TPSA) is 51.6 Å². The average molecular weight is 593 g/mol. The minimum Gasteiger partial charge on any atom is -0.252 e. The van der Waals surface area contributed by atoms with Crippen molar-refractivity contribution in [3.63, 3.8) is 0 Å². The van der Waals surface area contributed by atoms with Gasteiger partial charge in [-0.2, -0.15) is 18.2 Å². The van der Waals surface area contributed by atoms with E-state index >= 15 is 0 Å². The zero-order valence-electron chi connectivity index (χ0n) is 23.2. The molecule has 0 aliphatic carbocycles. The highest BCUT2D eigenvalue weighted by molar-refractivity contribution is 6.32. The zero-order valence-corrected chi connectivity index (χ0v) is 23.9. The van der Waals surface area contributed by atoms with Crippen molar-refractivity contribution < 1.29 is 13.2 Å². The van der Waals surface area contributed by atoms with E-state index in [0.29, 0.717) is 28.3 Å². The van der Waals surface area contributed by atoms with Crippen molar-refractivity contribution in [2.45, 2.75) is 19.3 Å². The highest BCUT2D eigenvalue weighted by atomic mass is 35.5. The molecule has 4 heterocycles. The molecule has 0 radical (unpaired) electrons. The normalized spacial score (nSPS) is 11.5. The first-order valence-corrected chi connectivity index (χ1v) is 13.9. The van der Waals surface area contributed by atoms with Crippen molar-refractivity contribution in [2.75, 3.05) is 0 Å². The maximum atomic E-state index is 14.9. The second-order valence-electron chi connectivity index (χ2n) is 10.6. The van der Waals surface area contributed by atoms with E-state index in [1.807, 2.05) is 92.7 Å². The zero-order chi connectivity index (χ0) is 30.1. The van der Waals surface area contributed by atoms with Gasteiger partial charge in [0.2, 0.25) is 17.8 Å². The van der Waals surface area contributed by atoms with Gasteiger partial charge in [-0.05, 0) is 84.6 Å². The first-order chi connectivity index (χ1) is 20.7. The molecule has 0 bridgehead atoms. The second kappa shape index (κ2) is 11.4. The van der Waals surface area contributed by atoms with Crippen LogP contribution in [0.4, 0.5) is 13.2 Å². The van der Waals surface area contributed by atoms with Gasteiger partial charge in [0, 0.05) is 11.0 Å². The van der Waals surface area contributed by atoms with Crippen molar-refractivity contribution in [3.8, 4) is 44.8 Å². The average Bonchev–Trinajstić information content (AvgIpc) is 3.01. The monoisotopic (exact) mass is 592 g/mol. The quantitative estimate of drug-likeness (QED) is 0.181. The predicted octanol–water partition coefficient (Wildman–Crippen LogP) is 9.33. The molecule has 212 valence electrons. The lowest BCUT2D eigenvalue weighted by molar-refractivity contribution is 0.514. The second-order valence-corrected chi connectivity index (χ2v) is 10.9. The van der Waals surface area contributed by atoms with E-state index in [-0.39, 0.29) is 10.7 Å². The highest BCUT2D eigenvalue weighted by Crippen LogP contribution is 2.38. The fourth-order valence-electron chi connectivity index (χ4n) is 4.91. The Labute approximate surface area is 251 Å². The molecule has 0 saturated carbocycles. The van der Waals surface area contributed by atoms with E-state index in [9.17, 15) is 13.2 Å². The third-order valence-electron chi connectivity index (χ3n) is 7.33. The van der Waals surface area contributed by atoms with Crippen LogP contribution in [0.5, 0.6) is 0 Å². The van der Waals surface area contributed by atoms with Gasteiger partial charge in [0.25, 0.3) is 0 Å². The molecule has 6 aromatic rings. The first kappa shape index (κ1) is 28.2. The Balaban J connectivity index is 1.58. The van der Waals surface area contributed by atoms with Crippen LogP contribution in [0, 0.1) is 17.8 Å². The summed E-state index contributed by atoms with van der Waals surface area (Å²) in [5.41, 5.74) is 5.28. The summed E-state index contributed by atoms with van der Waals surface area (Å²) in [6.45, 7) is 3.94. The minimum atomic E-state index is -0.952. The largest absolute Gasteiger partial charge is 0.252 e. The van der Waals surface area contributed by atoms with Crippen LogP contribution >= 0.6 is 11.6 Å². The van der Waals surface area contributed by atoms with Crippen LogP contribution in [-0.2, 0) is 5.41 Å². The Morgan fingerprint density at radius 2 is 0.977 bits per heavy atom. The van der Waals surface area contributed by atoms with Crippen molar-refractivity contribution >= 4 is 11.6 Å². The molecular weight excluding hydrogens is 569 g/mol. The van der Waals surface area contributed by atoms with Crippen LogP contribution in [0.2, 0.25) is 5.15 Å². The Morgan fingerprint density at radius 1 is 0.512 bits per heavy atom. The molecule has 4 aromatic heterocycles. The maximum absolute atomic E-state index is 14.9. The molecule has 0 fully saturated rings. The number of benzene rings is 2. The van der Waals surface area contributed by atoms with Crippen LogP contribution < -0.4 is 0 Å². The lowest BCUT2D eigenvalue weighted by Crippen LogP contribution is -2.23. The van der Waals surface area contributed by atoms with E-state index in [1.165, 1.54) is 12.1 Å². The van der Waals surface area contributed by atoms with E-state index in [0.717, 1.165) is 28.3 Å². The number of halogens is 4. The van der Waals surface area contributed by atoms with Gasteiger partial charge < -0.3 is 0 Å². The van der Waals surface area contributed by atoms with Crippen LogP contribution in [0.3, 0.4) is 0 Å². The van der Waals surface area contributed by atoms with Crippen molar-refractivity contribution in [1.29, 1.82) is 0 Å². The maximum Gasteiger partial charge on any atom is 0.224 e. The van der Waals surface area contributed by atoms with Gasteiger partial charge in [0.05, 0.1) is 28.3 Å². The number of nitrogens with zero attached hydrogens (tertiary/aromatic N) is 4. The van der Waals surface area contributed by atoms with Crippen molar-refractivity contribution in [1.82, 2.24) is 19.9 Å². The van der Waals surface area contributed by atoms with Crippen LogP contribution in [0.25, 0.3) is 44.8 Å². The summed E-state index contributed by atoms with van der Waals surface area (Å²) < 4.78 is 42.4. The van der Waals surface area contributed by atoms with Gasteiger partial charge in [-0.1, -0.05) is 72.3 Å². The SMILES string of the molecule is CC(C)(c1cc(-c2ccccc2)cc(-c2ccc(F)nc2F)n1)c1cc(-c2ccccc2)cc(-c2ccc(F)nc2Cl)n1. The van der Waals surface area contributed by atoms with Gasteiger partial charge in [-0.25, -0.2) is 4.98 Å². The van der Waals surface area contributed by atoms with E-state index in [4.69, 9.17) is 21.6 Å². The minimum absolute atomic E-state index is 0.00719. The summed E-state index contributed by atoms with van der Waals surface area (Å²) in [6.07, 6.45) is 0. The number of hydrogen-bond donors (Lipinski definition) is 0. The standard InChI is InChI=1S/C35H24ClF3N4/c1-35(2,29-19-23(21-9-5-3-6-10-21)17-27(40-29)25-13-15-31(37)42-33(25)36)30-20-24(22-11-7-4-8-12-22)18-28(41-30)26-14-16-32(38)43-34(26)39/h3-20H,1-2H3. The van der Waals surface area contributed by atoms with E-state index in [2.05, 4.69) is 9.97 Å². The summed E-state index contributed by atoms with van der Waals surface area (Å²) in [4.78, 5) is 17.0. The molecule has 0 atom stereocenters. The summed E-state index contributed by atoms with van der Waals surface area (Å²) in [5, 5.41) is -0.00719. The molecule has 0 unspecified atom stereocenters. The lowest BCUT2D eigenvalue weighted by Gasteiger charge is -2.26. The Hall–Kier alpha value is -4.88. The van der Waals surface area contributed by atoms with E-state index in [1.54, 1.807) is 12.1 Å². The summed E-state index contributed by atoms with van der Waals surface area (Å²) in [7, 11) is 0. The van der Waals surface area contributed by atoms with Gasteiger partial charge >= 0.3 is 0 Å². The smallest absolute Gasteiger partial charge is 0.224 e. The Bertz CT molecular complexity index is 1810. The third kappa shape index (κ3) is 5.76. The van der Waals surface area contributed by atoms with Crippen molar-refractivity contribution in [2.24, 2.45) is 0 Å². The fraction of sp³-hybridized carbons (Fsp3) is 0.0857. The molecular formula is C35H24ClF3N4. The van der Waals surface area contributed by atoms with Gasteiger partial charge in [-0.15, -0.1) is 0 Å². The molecule has 43 heavy (non-hydrogen) atoms. The molecule has 0 aliphatic rings. The molecule has 8 heteroatoms. The third-order valence-corrected chi connectivity index (χ3v) is 7.62. The molecule has 0 N–H and O–H groups in total. The molecule has 4 nitrogen and oxygen atoms in total. The Morgan fingerprint density at radius 3 is 1.47 bits per heavy atom. The molecule has 2 aromatic carbocycles. The van der Waals surface area contributed by atoms with Gasteiger partial charge in [0.1, 0.15) is 5.15 Å². The van der Waals surface area contributed by atoms with E-state index < -0.39 is 23.3 Å². The lowest BCUT2D eigenvalue weighted by atomic mass is 9.82. The van der Waals surface area contributed by atoms with Gasteiger partial charge in [-0.3, -0.25) is 9.97 Å². The number of pyridine rings is 4. The van der Waals surface area contributed by atoms with Crippen LogP contribution in [0.1, 0.15) is 25.2 Å². The molecule has 0 amide bonds. The number of rotatable bonds is 6. The molecule has 6 rings (SSSR count). The fourth-order valence-corrected chi connectivity index (χ4v) is 5.15.